The van der Waals surface area contributed by atoms with E-state index in [9.17, 15) is 4.79 Å². The van der Waals surface area contributed by atoms with Crippen molar-refractivity contribution in [3.8, 4) is 0 Å². The molecule has 1 heterocycles. The number of hydrogen-bond acceptors (Lipinski definition) is 3. The predicted octanol–water partition coefficient (Wildman–Crippen LogP) is -0.112. The summed E-state index contributed by atoms with van der Waals surface area (Å²) in [6, 6.07) is 0.322. The van der Waals surface area contributed by atoms with Gasteiger partial charge in [-0.25, -0.2) is 0 Å². The quantitative estimate of drug-likeness (QED) is 0.690. The first-order valence-electron chi connectivity index (χ1n) is 5.33. The van der Waals surface area contributed by atoms with E-state index in [4.69, 9.17) is 5.73 Å². The molecule has 1 rings (SSSR count). The van der Waals surface area contributed by atoms with Gasteiger partial charge in [0.05, 0.1) is 0 Å². The van der Waals surface area contributed by atoms with Gasteiger partial charge in [-0.1, -0.05) is 0 Å². The largest absolute Gasteiger partial charge is 0.342 e. The monoisotopic (exact) mass is 199 g/mol. The van der Waals surface area contributed by atoms with Gasteiger partial charge in [-0.05, 0) is 26.4 Å². The third-order valence-corrected chi connectivity index (χ3v) is 2.90. The van der Waals surface area contributed by atoms with Gasteiger partial charge in [0.25, 0.3) is 0 Å². The SMILES string of the molecule is CC1CN(CCCN)CCC(=O)N1C. The first kappa shape index (κ1) is 11.5. The molecule has 1 atom stereocenters. The molecule has 82 valence electrons. The van der Waals surface area contributed by atoms with E-state index in [0.29, 0.717) is 12.5 Å². The molecule has 0 aliphatic carbocycles. The highest BCUT2D eigenvalue weighted by Gasteiger charge is 2.22. The van der Waals surface area contributed by atoms with Gasteiger partial charge in [-0.2, -0.15) is 0 Å². The molecule has 4 heteroatoms. The summed E-state index contributed by atoms with van der Waals surface area (Å²) in [5.74, 6) is 0.257. The molecule has 0 spiro atoms. The second-order valence-electron chi connectivity index (χ2n) is 4.05. The molecule has 14 heavy (non-hydrogen) atoms. The molecule has 0 bridgehead atoms. The van der Waals surface area contributed by atoms with Gasteiger partial charge in [0.1, 0.15) is 0 Å². The topological polar surface area (TPSA) is 49.6 Å². The van der Waals surface area contributed by atoms with Crippen LogP contribution in [0.5, 0.6) is 0 Å². The molecular weight excluding hydrogens is 178 g/mol. The van der Waals surface area contributed by atoms with Crippen LogP contribution in [-0.4, -0.2) is 55.0 Å². The lowest BCUT2D eigenvalue weighted by atomic mass is 10.3. The molecule has 1 aliphatic rings. The van der Waals surface area contributed by atoms with Gasteiger partial charge in [-0.15, -0.1) is 0 Å². The Balaban J connectivity index is 2.45. The molecule has 1 aliphatic heterocycles. The van der Waals surface area contributed by atoms with Gasteiger partial charge in [0.2, 0.25) is 5.91 Å². The number of hydrogen-bond donors (Lipinski definition) is 1. The maximum absolute atomic E-state index is 11.5. The Morgan fingerprint density at radius 2 is 2.29 bits per heavy atom. The zero-order valence-electron chi connectivity index (χ0n) is 9.20. The number of amides is 1. The summed E-state index contributed by atoms with van der Waals surface area (Å²) in [5, 5.41) is 0. The van der Waals surface area contributed by atoms with Crippen molar-refractivity contribution >= 4 is 5.91 Å². The second-order valence-corrected chi connectivity index (χ2v) is 4.05. The molecule has 0 radical (unpaired) electrons. The first-order valence-corrected chi connectivity index (χ1v) is 5.33. The molecule has 1 unspecified atom stereocenters. The van der Waals surface area contributed by atoms with Crippen molar-refractivity contribution in [2.45, 2.75) is 25.8 Å². The summed E-state index contributed by atoms with van der Waals surface area (Å²) in [4.78, 5) is 15.7. The van der Waals surface area contributed by atoms with Crippen molar-refractivity contribution in [1.29, 1.82) is 0 Å². The maximum atomic E-state index is 11.5. The second kappa shape index (κ2) is 5.32. The molecule has 0 saturated carbocycles. The number of nitrogens with two attached hydrogens (primary N) is 1. The van der Waals surface area contributed by atoms with Gasteiger partial charge >= 0.3 is 0 Å². The first-order chi connectivity index (χ1) is 6.65. The molecular formula is C10H21N3O. The molecule has 1 fully saturated rings. The summed E-state index contributed by atoms with van der Waals surface area (Å²) in [6.07, 6.45) is 1.66. The van der Waals surface area contributed by atoms with E-state index in [0.717, 1.165) is 32.6 Å². The van der Waals surface area contributed by atoms with E-state index in [2.05, 4.69) is 11.8 Å². The molecule has 2 N–H and O–H groups in total. The van der Waals surface area contributed by atoms with Gasteiger partial charge in [0.15, 0.2) is 0 Å². The number of carbonyl (C=O) groups is 1. The summed E-state index contributed by atoms with van der Waals surface area (Å²) < 4.78 is 0. The number of carbonyl (C=O) groups excluding carboxylic acids is 1. The van der Waals surface area contributed by atoms with E-state index in [1.807, 2.05) is 11.9 Å². The van der Waals surface area contributed by atoms with E-state index in [1.165, 1.54) is 0 Å². The van der Waals surface area contributed by atoms with Crippen molar-refractivity contribution in [3.63, 3.8) is 0 Å². The van der Waals surface area contributed by atoms with Crippen molar-refractivity contribution in [3.05, 3.63) is 0 Å². The Labute approximate surface area is 86.0 Å². The standard InChI is InChI=1S/C10H21N3O/c1-9-8-13(6-3-5-11)7-4-10(14)12(9)2/h9H,3-8,11H2,1-2H3. The van der Waals surface area contributed by atoms with E-state index in [-0.39, 0.29) is 5.91 Å². The highest BCUT2D eigenvalue weighted by molar-refractivity contribution is 5.76. The van der Waals surface area contributed by atoms with Gasteiger partial charge < -0.3 is 15.5 Å². The van der Waals surface area contributed by atoms with Crippen molar-refractivity contribution in [2.75, 3.05) is 33.2 Å². The number of nitrogens with zero attached hydrogens (tertiary/aromatic N) is 2. The molecule has 4 nitrogen and oxygen atoms in total. The van der Waals surface area contributed by atoms with Crippen molar-refractivity contribution < 1.29 is 4.79 Å². The van der Waals surface area contributed by atoms with Crippen LogP contribution < -0.4 is 5.73 Å². The normalized spacial score (nSPS) is 25.2. The van der Waals surface area contributed by atoms with Crippen LogP contribution in [0.1, 0.15) is 19.8 Å². The minimum absolute atomic E-state index is 0.257. The maximum Gasteiger partial charge on any atom is 0.223 e. The lowest BCUT2D eigenvalue weighted by Crippen LogP contribution is -2.38. The van der Waals surface area contributed by atoms with E-state index >= 15 is 0 Å². The Morgan fingerprint density at radius 1 is 1.57 bits per heavy atom. The van der Waals surface area contributed by atoms with Crippen LogP contribution >= 0.6 is 0 Å². The lowest BCUT2D eigenvalue weighted by Gasteiger charge is -2.25. The average Bonchev–Trinajstić information content (AvgIpc) is 2.29. The molecule has 0 aromatic carbocycles. The van der Waals surface area contributed by atoms with Crippen LogP contribution in [0.3, 0.4) is 0 Å². The molecule has 0 aromatic rings. The van der Waals surface area contributed by atoms with Crippen LogP contribution in [0, 0.1) is 0 Å². The predicted molar refractivity (Wildman–Crippen MR) is 57.0 cm³/mol. The van der Waals surface area contributed by atoms with Crippen LogP contribution in [0.4, 0.5) is 0 Å². The summed E-state index contributed by atoms with van der Waals surface area (Å²) >= 11 is 0. The minimum Gasteiger partial charge on any atom is -0.342 e. The third kappa shape index (κ3) is 2.96. The number of likely N-dealkylation sites (N-methyl/N-ethyl adjacent to an activating group) is 1. The van der Waals surface area contributed by atoms with Crippen LogP contribution in [0.25, 0.3) is 0 Å². The zero-order valence-corrected chi connectivity index (χ0v) is 9.20. The molecule has 0 aromatic heterocycles. The Morgan fingerprint density at radius 3 is 2.93 bits per heavy atom. The summed E-state index contributed by atoms with van der Waals surface area (Å²) in [6.45, 7) is 5.70. The molecule has 1 saturated heterocycles. The van der Waals surface area contributed by atoms with Gasteiger partial charge in [0, 0.05) is 32.6 Å². The van der Waals surface area contributed by atoms with Crippen molar-refractivity contribution in [2.24, 2.45) is 5.73 Å². The summed E-state index contributed by atoms with van der Waals surface area (Å²) in [7, 11) is 1.89. The smallest absolute Gasteiger partial charge is 0.223 e. The minimum atomic E-state index is 0.257. The van der Waals surface area contributed by atoms with Crippen LogP contribution in [-0.2, 0) is 4.79 Å². The number of rotatable bonds is 3. The Kier molecular flexibility index (Phi) is 4.35. The highest BCUT2D eigenvalue weighted by Crippen LogP contribution is 2.08. The van der Waals surface area contributed by atoms with E-state index < -0.39 is 0 Å². The zero-order chi connectivity index (χ0) is 10.6. The Hall–Kier alpha value is -0.610. The fourth-order valence-electron chi connectivity index (χ4n) is 1.78. The van der Waals surface area contributed by atoms with E-state index in [1.54, 1.807) is 0 Å². The summed E-state index contributed by atoms with van der Waals surface area (Å²) in [5.41, 5.74) is 5.47. The van der Waals surface area contributed by atoms with Crippen LogP contribution in [0.2, 0.25) is 0 Å². The van der Waals surface area contributed by atoms with Gasteiger partial charge in [-0.3, -0.25) is 4.79 Å². The highest BCUT2D eigenvalue weighted by atomic mass is 16.2. The Bertz CT molecular complexity index is 196. The molecule has 1 amide bonds. The van der Waals surface area contributed by atoms with Crippen LogP contribution in [0.15, 0.2) is 0 Å². The lowest BCUT2D eigenvalue weighted by molar-refractivity contribution is -0.130. The average molecular weight is 199 g/mol. The fraction of sp³-hybridized carbons (Fsp3) is 0.900. The third-order valence-electron chi connectivity index (χ3n) is 2.90. The fourth-order valence-corrected chi connectivity index (χ4v) is 1.78. The van der Waals surface area contributed by atoms with Crippen molar-refractivity contribution in [1.82, 2.24) is 9.80 Å².